The van der Waals surface area contributed by atoms with Crippen LogP contribution in [0.1, 0.15) is 53.4 Å². The molecule has 0 bridgehead atoms. The number of carbonyl (C=O) groups is 2. The van der Waals surface area contributed by atoms with E-state index in [4.69, 9.17) is 5.11 Å². The molecule has 0 radical (unpaired) electrons. The fourth-order valence-corrected chi connectivity index (χ4v) is 2.82. The molecule has 5 nitrogen and oxygen atoms in total. The average molecular weight is 284 g/mol. The van der Waals surface area contributed by atoms with Gasteiger partial charge in [-0.1, -0.05) is 20.3 Å². The van der Waals surface area contributed by atoms with Crippen molar-refractivity contribution in [2.24, 2.45) is 11.8 Å². The molecule has 2 N–H and O–H groups in total. The normalized spacial score (nSPS) is 25.9. The van der Waals surface area contributed by atoms with E-state index >= 15 is 0 Å². The predicted octanol–water partition coefficient (Wildman–Crippen LogP) is 2.71. The van der Waals surface area contributed by atoms with E-state index in [0.29, 0.717) is 25.3 Å². The SMILES string of the molecule is CCC(C)CC(C)NC(=O)N1CCC(C(=O)O)CC1C. The summed E-state index contributed by atoms with van der Waals surface area (Å²) in [6, 6.07) is 0.0830. The van der Waals surface area contributed by atoms with Crippen molar-refractivity contribution in [3.8, 4) is 0 Å². The van der Waals surface area contributed by atoms with Gasteiger partial charge in [0.05, 0.1) is 5.92 Å². The van der Waals surface area contributed by atoms with E-state index in [2.05, 4.69) is 19.2 Å². The van der Waals surface area contributed by atoms with Gasteiger partial charge >= 0.3 is 12.0 Å². The molecule has 1 aliphatic heterocycles. The first-order chi connectivity index (χ1) is 9.35. The van der Waals surface area contributed by atoms with E-state index < -0.39 is 5.97 Å². The molecule has 1 aliphatic rings. The molecule has 20 heavy (non-hydrogen) atoms. The quantitative estimate of drug-likeness (QED) is 0.815. The number of carbonyl (C=O) groups excluding carboxylic acids is 1. The second kappa shape index (κ2) is 7.50. The molecular weight excluding hydrogens is 256 g/mol. The Morgan fingerprint density at radius 3 is 2.55 bits per heavy atom. The molecule has 1 rings (SSSR count). The standard InChI is InChI=1S/C15H28N2O3/c1-5-10(2)8-11(3)16-15(20)17-7-6-13(14(18)19)9-12(17)4/h10-13H,5-9H2,1-4H3,(H,16,20)(H,18,19). The number of nitrogens with zero attached hydrogens (tertiary/aromatic N) is 1. The molecule has 2 amide bonds. The molecule has 116 valence electrons. The number of likely N-dealkylation sites (tertiary alicyclic amines) is 1. The lowest BCUT2D eigenvalue weighted by molar-refractivity contribution is -0.143. The Hall–Kier alpha value is -1.26. The second-order valence-electron chi connectivity index (χ2n) is 6.20. The molecule has 0 aromatic carbocycles. The maximum absolute atomic E-state index is 12.2. The number of rotatable bonds is 5. The Morgan fingerprint density at radius 1 is 1.40 bits per heavy atom. The van der Waals surface area contributed by atoms with E-state index in [1.54, 1.807) is 4.90 Å². The van der Waals surface area contributed by atoms with Crippen LogP contribution in [0.25, 0.3) is 0 Å². The van der Waals surface area contributed by atoms with Gasteiger partial charge in [-0.05, 0) is 39.0 Å². The number of aliphatic carboxylic acids is 1. The van der Waals surface area contributed by atoms with Crippen LogP contribution in [0, 0.1) is 11.8 Å². The Bertz CT molecular complexity index is 346. The molecule has 0 aromatic heterocycles. The molecule has 0 saturated carbocycles. The Morgan fingerprint density at radius 2 is 2.05 bits per heavy atom. The van der Waals surface area contributed by atoms with Crippen molar-refractivity contribution in [3.05, 3.63) is 0 Å². The summed E-state index contributed by atoms with van der Waals surface area (Å²) >= 11 is 0. The molecule has 0 aliphatic carbocycles. The molecule has 1 heterocycles. The van der Waals surface area contributed by atoms with Crippen LogP contribution in [0.2, 0.25) is 0 Å². The van der Waals surface area contributed by atoms with Crippen molar-refractivity contribution in [2.45, 2.75) is 65.5 Å². The van der Waals surface area contributed by atoms with Crippen LogP contribution in [0.4, 0.5) is 4.79 Å². The third kappa shape index (κ3) is 4.69. The summed E-state index contributed by atoms with van der Waals surface area (Å²) in [7, 11) is 0. The summed E-state index contributed by atoms with van der Waals surface area (Å²) in [5.74, 6) is -0.464. The van der Waals surface area contributed by atoms with Crippen molar-refractivity contribution in [2.75, 3.05) is 6.54 Å². The molecular formula is C15H28N2O3. The molecule has 4 unspecified atom stereocenters. The van der Waals surface area contributed by atoms with Crippen LogP contribution >= 0.6 is 0 Å². The van der Waals surface area contributed by atoms with Crippen molar-refractivity contribution >= 4 is 12.0 Å². The monoisotopic (exact) mass is 284 g/mol. The third-order valence-corrected chi connectivity index (χ3v) is 4.31. The van der Waals surface area contributed by atoms with E-state index in [1.165, 1.54) is 0 Å². The first kappa shape index (κ1) is 16.8. The second-order valence-corrected chi connectivity index (χ2v) is 6.20. The highest BCUT2D eigenvalue weighted by molar-refractivity contribution is 5.76. The van der Waals surface area contributed by atoms with Crippen LogP contribution in [0.3, 0.4) is 0 Å². The average Bonchev–Trinajstić information content (AvgIpc) is 2.37. The first-order valence-corrected chi connectivity index (χ1v) is 7.65. The van der Waals surface area contributed by atoms with Gasteiger partial charge in [-0.2, -0.15) is 0 Å². The van der Waals surface area contributed by atoms with Crippen LogP contribution in [0.15, 0.2) is 0 Å². The summed E-state index contributed by atoms with van der Waals surface area (Å²) in [5.41, 5.74) is 0. The van der Waals surface area contributed by atoms with Crippen LogP contribution < -0.4 is 5.32 Å². The smallest absolute Gasteiger partial charge is 0.317 e. The lowest BCUT2D eigenvalue weighted by Gasteiger charge is -2.37. The zero-order chi connectivity index (χ0) is 15.3. The number of urea groups is 1. The zero-order valence-electron chi connectivity index (χ0n) is 13.1. The number of carboxylic acid groups (broad SMARTS) is 1. The summed E-state index contributed by atoms with van der Waals surface area (Å²) in [6.07, 6.45) is 3.18. The number of carboxylic acids is 1. The van der Waals surface area contributed by atoms with Gasteiger partial charge in [0.1, 0.15) is 0 Å². The summed E-state index contributed by atoms with van der Waals surface area (Å²) in [6.45, 7) is 8.81. The Balaban J connectivity index is 2.46. The maximum atomic E-state index is 12.2. The summed E-state index contributed by atoms with van der Waals surface area (Å²) in [5, 5.41) is 12.1. The highest BCUT2D eigenvalue weighted by Crippen LogP contribution is 2.23. The Labute approximate surface area is 121 Å². The van der Waals surface area contributed by atoms with Gasteiger partial charge in [0.2, 0.25) is 0 Å². The molecule has 0 spiro atoms. The minimum absolute atomic E-state index is 0.0133. The number of hydrogen-bond acceptors (Lipinski definition) is 2. The van der Waals surface area contributed by atoms with Gasteiger partial charge in [0, 0.05) is 18.6 Å². The van der Waals surface area contributed by atoms with E-state index in [1.807, 2.05) is 13.8 Å². The topological polar surface area (TPSA) is 69.6 Å². The third-order valence-electron chi connectivity index (χ3n) is 4.31. The largest absolute Gasteiger partial charge is 0.481 e. The number of piperidine rings is 1. The predicted molar refractivity (Wildman–Crippen MR) is 78.6 cm³/mol. The van der Waals surface area contributed by atoms with Gasteiger partial charge in [0.15, 0.2) is 0 Å². The van der Waals surface area contributed by atoms with E-state index in [-0.39, 0.29) is 24.0 Å². The molecule has 4 atom stereocenters. The van der Waals surface area contributed by atoms with Gasteiger partial charge in [-0.3, -0.25) is 4.79 Å². The van der Waals surface area contributed by atoms with Crippen LogP contribution in [-0.2, 0) is 4.79 Å². The minimum atomic E-state index is -0.748. The van der Waals surface area contributed by atoms with Crippen LogP contribution in [0.5, 0.6) is 0 Å². The number of amides is 2. The highest BCUT2D eigenvalue weighted by Gasteiger charge is 2.32. The molecule has 0 aromatic rings. The van der Waals surface area contributed by atoms with Crippen molar-refractivity contribution in [3.63, 3.8) is 0 Å². The van der Waals surface area contributed by atoms with E-state index in [9.17, 15) is 9.59 Å². The highest BCUT2D eigenvalue weighted by atomic mass is 16.4. The van der Waals surface area contributed by atoms with Crippen molar-refractivity contribution in [1.29, 1.82) is 0 Å². The van der Waals surface area contributed by atoms with Gasteiger partial charge in [-0.25, -0.2) is 4.79 Å². The van der Waals surface area contributed by atoms with E-state index in [0.717, 1.165) is 12.8 Å². The summed E-state index contributed by atoms with van der Waals surface area (Å²) in [4.78, 5) is 25.0. The maximum Gasteiger partial charge on any atom is 0.317 e. The fraction of sp³-hybridized carbons (Fsp3) is 0.867. The number of hydrogen-bond donors (Lipinski definition) is 2. The van der Waals surface area contributed by atoms with Gasteiger partial charge < -0.3 is 15.3 Å². The Kier molecular flexibility index (Phi) is 6.30. The van der Waals surface area contributed by atoms with Crippen LogP contribution in [-0.4, -0.2) is 40.6 Å². The molecule has 5 heteroatoms. The summed E-state index contributed by atoms with van der Waals surface area (Å²) < 4.78 is 0. The lowest BCUT2D eigenvalue weighted by Crippen LogP contribution is -2.52. The van der Waals surface area contributed by atoms with Crippen molar-refractivity contribution < 1.29 is 14.7 Å². The first-order valence-electron chi connectivity index (χ1n) is 7.65. The zero-order valence-corrected chi connectivity index (χ0v) is 13.1. The minimum Gasteiger partial charge on any atom is -0.481 e. The fourth-order valence-electron chi connectivity index (χ4n) is 2.82. The van der Waals surface area contributed by atoms with Gasteiger partial charge in [-0.15, -0.1) is 0 Å². The van der Waals surface area contributed by atoms with Crippen molar-refractivity contribution in [1.82, 2.24) is 10.2 Å². The lowest BCUT2D eigenvalue weighted by atomic mass is 9.92. The molecule has 1 fully saturated rings. The number of nitrogens with one attached hydrogen (secondary N) is 1. The molecule has 1 saturated heterocycles. The van der Waals surface area contributed by atoms with Gasteiger partial charge in [0.25, 0.3) is 0 Å².